The van der Waals surface area contributed by atoms with Gasteiger partial charge < -0.3 is 17.4 Å². The van der Waals surface area contributed by atoms with E-state index in [4.69, 9.17) is 0 Å². The highest BCUT2D eigenvalue weighted by molar-refractivity contribution is 7.77. The molecule has 0 aliphatic carbocycles. The number of hydrogen-bond acceptors (Lipinski definition) is 2. The van der Waals surface area contributed by atoms with Crippen molar-refractivity contribution in [1.29, 1.82) is 0 Å². The Balaban J connectivity index is 3.00. The minimum Gasteiger partial charge on any atom is -0.737 e. The third-order valence-corrected chi connectivity index (χ3v) is 1.32. The van der Waals surface area contributed by atoms with Crippen LogP contribution in [-0.4, -0.2) is 5.12 Å². The average molecular weight is 155 g/mol. The third kappa shape index (κ3) is 1.51. The maximum Gasteiger partial charge on any atom is 0.123 e. The zero-order chi connectivity index (χ0) is 7.56. The second-order valence-corrected chi connectivity index (χ2v) is 2.17. The molecule has 0 unspecified atom stereocenters. The van der Waals surface area contributed by atoms with Gasteiger partial charge in [0.2, 0.25) is 0 Å². The first kappa shape index (κ1) is 7.15. The van der Waals surface area contributed by atoms with Crippen LogP contribution in [0.3, 0.4) is 0 Å². The van der Waals surface area contributed by atoms with Crippen LogP contribution in [0.25, 0.3) is 0 Å². The summed E-state index contributed by atoms with van der Waals surface area (Å²) in [6, 6.07) is 5.15. The Morgan fingerprint density at radius 3 is 2.20 bits per heavy atom. The number of carbonyl (C=O) groups is 1. The molecule has 10 heavy (non-hydrogen) atoms. The Bertz CT molecular complexity index is 242. The molecule has 0 saturated carbocycles. The summed E-state index contributed by atoms with van der Waals surface area (Å²) in [6.07, 6.45) is 0. The van der Waals surface area contributed by atoms with Crippen molar-refractivity contribution in [2.24, 2.45) is 0 Å². The number of hydrogen-bond donors (Lipinski definition) is 0. The van der Waals surface area contributed by atoms with E-state index in [1.807, 2.05) is 0 Å². The molecule has 0 saturated heterocycles. The largest absolute Gasteiger partial charge is 0.737 e. The molecular formula is C7H4FOS-. The lowest BCUT2D eigenvalue weighted by atomic mass is 10.2. The lowest BCUT2D eigenvalue weighted by molar-refractivity contribution is 0.109. The van der Waals surface area contributed by atoms with Crippen LogP contribution in [0.4, 0.5) is 4.39 Å². The fraction of sp³-hybridized carbons (Fsp3) is 0. The lowest BCUT2D eigenvalue weighted by Crippen LogP contribution is -1.91. The zero-order valence-electron chi connectivity index (χ0n) is 5.00. The van der Waals surface area contributed by atoms with E-state index in [-0.39, 0.29) is 5.82 Å². The first-order valence-electron chi connectivity index (χ1n) is 2.67. The predicted octanol–water partition coefficient (Wildman–Crippen LogP) is 1.51. The Morgan fingerprint density at radius 1 is 1.30 bits per heavy atom. The van der Waals surface area contributed by atoms with E-state index < -0.39 is 5.12 Å². The molecule has 0 aliphatic rings. The zero-order valence-corrected chi connectivity index (χ0v) is 5.82. The molecule has 52 valence electrons. The Morgan fingerprint density at radius 2 is 1.80 bits per heavy atom. The summed E-state index contributed by atoms with van der Waals surface area (Å²) >= 11 is 4.33. The predicted molar refractivity (Wildman–Crippen MR) is 38.1 cm³/mol. The molecule has 1 rings (SSSR count). The molecule has 0 bridgehead atoms. The molecule has 0 heterocycles. The molecule has 0 aromatic heterocycles. The van der Waals surface area contributed by atoms with Gasteiger partial charge in [0.1, 0.15) is 5.82 Å². The fourth-order valence-corrected chi connectivity index (χ4v) is 0.722. The molecule has 0 aliphatic heterocycles. The number of carbonyl (C=O) groups excluding carboxylic acids is 1. The van der Waals surface area contributed by atoms with E-state index in [1.165, 1.54) is 24.3 Å². The van der Waals surface area contributed by atoms with Crippen LogP contribution >= 0.6 is 0 Å². The van der Waals surface area contributed by atoms with Crippen molar-refractivity contribution in [3.63, 3.8) is 0 Å². The van der Waals surface area contributed by atoms with Gasteiger partial charge in [0, 0.05) is 5.12 Å². The first-order valence-corrected chi connectivity index (χ1v) is 3.08. The summed E-state index contributed by atoms with van der Waals surface area (Å²) in [5.41, 5.74) is 0.358. The van der Waals surface area contributed by atoms with Crippen LogP contribution in [-0.2, 0) is 12.6 Å². The smallest absolute Gasteiger partial charge is 0.123 e. The van der Waals surface area contributed by atoms with Gasteiger partial charge in [0.15, 0.2) is 0 Å². The highest BCUT2D eigenvalue weighted by atomic mass is 32.1. The topological polar surface area (TPSA) is 17.1 Å². The van der Waals surface area contributed by atoms with Gasteiger partial charge in [-0.3, -0.25) is 0 Å². The van der Waals surface area contributed by atoms with Crippen molar-refractivity contribution in [2.45, 2.75) is 0 Å². The summed E-state index contributed by atoms with van der Waals surface area (Å²) in [6.45, 7) is 0. The average Bonchev–Trinajstić information content (AvgIpc) is 1.88. The molecule has 1 aromatic carbocycles. The van der Waals surface area contributed by atoms with Crippen molar-refractivity contribution in [3.8, 4) is 0 Å². The van der Waals surface area contributed by atoms with Crippen molar-refractivity contribution < 1.29 is 9.18 Å². The molecule has 0 fully saturated rings. The molecule has 0 amide bonds. The van der Waals surface area contributed by atoms with E-state index in [2.05, 4.69) is 12.6 Å². The third-order valence-electron chi connectivity index (χ3n) is 1.08. The van der Waals surface area contributed by atoms with Crippen LogP contribution in [0.2, 0.25) is 0 Å². The van der Waals surface area contributed by atoms with Crippen molar-refractivity contribution in [1.82, 2.24) is 0 Å². The monoisotopic (exact) mass is 155 g/mol. The summed E-state index contributed by atoms with van der Waals surface area (Å²) in [5, 5.41) is -0.458. The van der Waals surface area contributed by atoms with E-state index in [9.17, 15) is 9.18 Å². The summed E-state index contributed by atoms with van der Waals surface area (Å²) in [4.78, 5) is 10.4. The fourth-order valence-electron chi connectivity index (χ4n) is 0.586. The molecular weight excluding hydrogens is 151 g/mol. The van der Waals surface area contributed by atoms with Gasteiger partial charge in [0.05, 0.1) is 0 Å². The van der Waals surface area contributed by atoms with Gasteiger partial charge in [-0.15, -0.1) is 0 Å². The first-order chi connectivity index (χ1) is 4.70. The SMILES string of the molecule is O=C([S-])c1ccc(F)cc1. The van der Waals surface area contributed by atoms with Crippen LogP contribution in [0.1, 0.15) is 10.4 Å². The molecule has 1 aromatic rings. The van der Waals surface area contributed by atoms with Crippen LogP contribution in [0.5, 0.6) is 0 Å². The maximum atomic E-state index is 12.2. The highest BCUT2D eigenvalue weighted by Gasteiger charge is 1.90. The second-order valence-electron chi connectivity index (χ2n) is 1.79. The van der Waals surface area contributed by atoms with Gasteiger partial charge in [-0.1, -0.05) is 12.1 Å². The molecule has 0 spiro atoms. The van der Waals surface area contributed by atoms with E-state index in [0.29, 0.717) is 5.56 Å². The van der Waals surface area contributed by atoms with Crippen LogP contribution in [0.15, 0.2) is 24.3 Å². The van der Waals surface area contributed by atoms with Crippen molar-refractivity contribution in [3.05, 3.63) is 35.6 Å². The minimum absolute atomic E-state index is 0.358. The quantitative estimate of drug-likeness (QED) is 0.572. The molecule has 1 nitrogen and oxygen atoms in total. The lowest BCUT2D eigenvalue weighted by Gasteiger charge is -2.01. The normalized spacial score (nSPS) is 9.30. The highest BCUT2D eigenvalue weighted by Crippen LogP contribution is 2.01. The van der Waals surface area contributed by atoms with Crippen LogP contribution < -0.4 is 0 Å². The molecule has 0 radical (unpaired) electrons. The van der Waals surface area contributed by atoms with Crippen LogP contribution in [0, 0.1) is 5.82 Å². The van der Waals surface area contributed by atoms with E-state index in [0.717, 1.165) is 0 Å². The van der Waals surface area contributed by atoms with Gasteiger partial charge in [-0.05, 0) is 17.7 Å². The number of halogens is 1. The van der Waals surface area contributed by atoms with Gasteiger partial charge in [-0.2, -0.15) is 0 Å². The summed E-state index contributed by atoms with van der Waals surface area (Å²) < 4.78 is 12.2. The van der Waals surface area contributed by atoms with Gasteiger partial charge >= 0.3 is 0 Å². The minimum atomic E-state index is -0.458. The molecule has 0 atom stereocenters. The second kappa shape index (κ2) is 2.75. The van der Waals surface area contributed by atoms with Gasteiger partial charge in [-0.25, -0.2) is 4.39 Å². The van der Waals surface area contributed by atoms with E-state index in [1.54, 1.807) is 0 Å². The van der Waals surface area contributed by atoms with Crippen molar-refractivity contribution >= 4 is 17.7 Å². The van der Waals surface area contributed by atoms with Gasteiger partial charge in [0.25, 0.3) is 0 Å². The number of rotatable bonds is 1. The van der Waals surface area contributed by atoms with E-state index >= 15 is 0 Å². The van der Waals surface area contributed by atoms with Crippen molar-refractivity contribution in [2.75, 3.05) is 0 Å². The maximum absolute atomic E-state index is 12.2. The Labute approximate surface area is 63.3 Å². The number of benzene rings is 1. The summed E-state index contributed by atoms with van der Waals surface area (Å²) in [7, 11) is 0. The molecule has 3 heteroatoms. The Kier molecular flexibility index (Phi) is 1.97. The summed E-state index contributed by atoms with van der Waals surface area (Å²) in [5.74, 6) is -0.361. The standard InChI is InChI=1S/C7H5FOS/c8-6-3-1-5(2-4-6)7(9)10/h1-4H,(H,9,10)/p-1. The Hall–Kier alpha value is -0.960. The molecule has 0 N–H and O–H groups in total.